The number of halogens is 1. The summed E-state index contributed by atoms with van der Waals surface area (Å²) in [6.45, 7) is 6.11. The minimum absolute atomic E-state index is 0.00766. The number of aromatic nitrogens is 1. The van der Waals surface area contributed by atoms with Gasteiger partial charge in [0.1, 0.15) is 5.82 Å². The van der Waals surface area contributed by atoms with Gasteiger partial charge < -0.3 is 10.1 Å². The summed E-state index contributed by atoms with van der Waals surface area (Å²) in [6.07, 6.45) is 9.15. The number of hydrogen-bond donors (Lipinski definition) is 2. The summed E-state index contributed by atoms with van der Waals surface area (Å²) in [5, 5.41) is 2.63. The summed E-state index contributed by atoms with van der Waals surface area (Å²) < 4.78 is 44.5. The van der Waals surface area contributed by atoms with Gasteiger partial charge in [-0.15, -0.1) is 6.42 Å². The fourth-order valence-electron chi connectivity index (χ4n) is 2.74. The molecule has 0 atom stereocenters. The number of pyridine rings is 1. The number of hydrogen-bond acceptors (Lipinski definition) is 5. The van der Waals surface area contributed by atoms with Gasteiger partial charge >= 0.3 is 0 Å². The van der Waals surface area contributed by atoms with Crippen molar-refractivity contribution in [2.75, 3.05) is 18.1 Å². The first-order chi connectivity index (χ1) is 14.8. The summed E-state index contributed by atoms with van der Waals surface area (Å²) in [7, 11) is -2.20. The second-order valence-electron chi connectivity index (χ2n) is 8.11. The highest BCUT2D eigenvalue weighted by atomic mass is 32.2. The van der Waals surface area contributed by atoms with E-state index < -0.39 is 21.7 Å². The van der Waals surface area contributed by atoms with Crippen LogP contribution in [0.4, 0.5) is 10.1 Å². The number of rotatable bonds is 7. The monoisotopic (exact) mass is 459 g/mol. The van der Waals surface area contributed by atoms with E-state index >= 15 is 0 Å². The summed E-state index contributed by atoms with van der Waals surface area (Å²) in [6, 6.07) is 6.23. The zero-order valence-electron chi connectivity index (χ0n) is 18.6. The lowest BCUT2D eigenvalue weighted by atomic mass is 9.91. The van der Waals surface area contributed by atoms with Gasteiger partial charge in [0.15, 0.2) is 0 Å². The number of nitrogens with one attached hydrogen (secondary N) is 2. The van der Waals surface area contributed by atoms with Crippen LogP contribution in [-0.4, -0.2) is 32.7 Å². The Balaban J connectivity index is 2.13. The molecule has 0 aliphatic rings. The lowest BCUT2D eigenvalue weighted by Gasteiger charge is -2.18. The average molecular weight is 460 g/mol. The molecule has 0 bridgehead atoms. The van der Waals surface area contributed by atoms with E-state index in [-0.39, 0.29) is 23.2 Å². The molecule has 7 nitrogen and oxygen atoms in total. The van der Waals surface area contributed by atoms with Gasteiger partial charge in [0, 0.05) is 29.3 Å². The Morgan fingerprint density at radius 1 is 1.31 bits per heavy atom. The maximum absolute atomic E-state index is 14.4. The number of ether oxygens (including phenoxy) is 1. The molecular weight excluding hydrogens is 433 g/mol. The maximum atomic E-state index is 14.4. The third kappa shape index (κ3) is 6.82. The molecule has 2 N–H and O–H groups in total. The fraction of sp³-hybridized carbons (Fsp3) is 0.304. The molecule has 1 amide bonds. The van der Waals surface area contributed by atoms with Crippen LogP contribution in [-0.2, 0) is 26.8 Å². The number of nitrogens with zero attached hydrogens (tertiary/aromatic N) is 1. The zero-order valence-corrected chi connectivity index (χ0v) is 19.4. The minimum Gasteiger partial charge on any atom is -0.481 e. The van der Waals surface area contributed by atoms with E-state index in [1.165, 1.54) is 19.3 Å². The van der Waals surface area contributed by atoms with E-state index in [0.29, 0.717) is 17.0 Å². The highest BCUT2D eigenvalue weighted by molar-refractivity contribution is 7.92. The van der Waals surface area contributed by atoms with E-state index in [0.717, 1.165) is 18.0 Å². The molecule has 1 heterocycles. The lowest BCUT2D eigenvalue weighted by molar-refractivity contribution is -0.116. The van der Waals surface area contributed by atoms with Crippen LogP contribution in [0.25, 0.3) is 6.08 Å². The van der Waals surface area contributed by atoms with E-state index in [2.05, 4.69) is 20.9 Å². The lowest BCUT2D eigenvalue weighted by Crippen LogP contribution is -2.21. The molecule has 0 radical (unpaired) electrons. The summed E-state index contributed by atoms with van der Waals surface area (Å²) in [4.78, 5) is 16.7. The molecule has 32 heavy (non-hydrogen) atoms. The number of benzene rings is 1. The molecular formula is C23H26FN3O4S. The number of sulfonamides is 1. The van der Waals surface area contributed by atoms with Crippen molar-refractivity contribution in [3.63, 3.8) is 0 Å². The Labute approximate surface area is 188 Å². The van der Waals surface area contributed by atoms with Gasteiger partial charge in [-0.05, 0) is 35.9 Å². The fourth-order valence-corrected chi connectivity index (χ4v) is 3.32. The molecule has 2 aromatic rings. The molecule has 2 rings (SSSR count). The molecule has 0 aliphatic heterocycles. The van der Waals surface area contributed by atoms with Crippen LogP contribution in [0.2, 0.25) is 0 Å². The van der Waals surface area contributed by atoms with Gasteiger partial charge in [-0.3, -0.25) is 9.52 Å². The molecule has 1 aromatic heterocycles. The predicted octanol–water partition coefficient (Wildman–Crippen LogP) is 3.21. The number of amides is 1. The summed E-state index contributed by atoms with van der Waals surface area (Å²) >= 11 is 0. The molecule has 170 valence electrons. The quantitative estimate of drug-likeness (QED) is 0.490. The average Bonchev–Trinajstić information content (AvgIpc) is 2.70. The Morgan fingerprint density at radius 3 is 2.56 bits per heavy atom. The van der Waals surface area contributed by atoms with E-state index in [1.54, 1.807) is 6.08 Å². The highest BCUT2D eigenvalue weighted by Gasteiger charge is 2.17. The SMILES string of the molecule is C#Cc1cc(CNC(=O)C=Cc2ccc(C(C)(C)C)nc2OC)cc(F)c1NS(C)(=O)=O. The molecule has 0 aliphatic carbocycles. The third-order valence-corrected chi connectivity index (χ3v) is 4.90. The van der Waals surface area contributed by atoms with E-state index in [1.807, 2.05) is 32.9 Å². The van der Waals surface area contributed by atoms with Gasteiger partial charge in [0.2, 0.25) is 21.8 Å². The Morgan fingerprint density at radius 2 is 2.00 bits per heavy atom. The van der Waals surface area contributed by atoms with Crippen molar-refractivity contribution in [2.24, 2.45) is 0 Å². The van der Waals surface area contributed by atoms with Gasteiger partial charge in [0.05, 0.1) is 24.6 Å². The van der Waals surface area contributed by atoms with Crippen LogP contribution in [0.3, 0.4) is 0 Å². The van der Waals surface area contributed by atoms with Crippen LogP contribution in [0.1, 0.15) is 43.2 Å². The van der Waals surface area contributed by atoms with Crippen molar-refractivity contribution >= 4 is 27.7 Å². The number of terminal acetylenes is 1. The molecule has 1 aromatic carbocycles. The highest BCUT2D eigenvalue weighted by Crippen LogP contribution is 2.26. The van der Waals surface area contributed by atoms with Crippen molar-refractivity contribution in [3.8, 4) is 18.2 Å². The zero-order chi connectivity index (χ0) is 24.1. The van der Waals surface area contributed by atoms with E-state index in [9.17, 15) is 17.6 Å². The summed E-state index contributed by atoms with van der Waals surface area (Å²) in [5.41, 5.74) is 1.45. The number of carbonyl (C=O) groups is 1. The van der Waals surface area contributed by atoms with Crippen molar-refractivity contribution in [1.29, 1.82) is 0 Å². The second kappa shape index (κ2) is 9.83. The molecule has 9 heteroatoms. The Bertz CT molecular complexity index is 1190. The molecule has 0 spiro atoms. The second-order valence-corrected chi connectivity index (χ2v) is 9.86. The topological polar surface area (TPSA) is 97.4 Å². The van der Waals surface area contributed by atoms with Crippen LogP contribution in [0.15, 0.2) is 30.3 Å². The molecule has 0 saturated carbocycles. The maximum Gasteiger partial charge on any atom is 0.244 e. The van der Waals surface area contributed by atoms with Crippen molar-refractivity contribution < 1.29 is 22.3 Å². The van der Waals surface area contributed by atoms with Crippen molar-refractivity contribution in [2.45, 2.75) is 32.7 Å². The number of anilines is 1. The Kier molecular flexibility index (Phi) is 7.65. The predicted molar refractivity (Wildman–Crippen MR) is 123 cm³/mol. The minimum atomic E-state index is -3.70. The van der Waals surface area contributed by atoms with Gasteiger partial charge in [0.25, 0.3) is 0 Å². The molecule has 0 fully saturated rings. The van der Waals surface area contributed by atoms with Gasteiger partial charge in [-0.1, -0.05) is 26.7 Å². The molecule has 0 unspecified atom stereocenters. The van der Waals surface area contributed by atoms with Crippen LogP contribution in [0.5, 0.6) is 5.88 Å². The van der Waals surface area contributed by atoms with Crippen molar-refractivity contribution in [3.05, 3.63) is 58.5 Å². The largest absolute Gasteiger partial charge is 0.481 e. The normalized spacial score (nSPS) is 11.8. The van der Waals surface area contributed by atoms with Crippen molar-refractivity contribution in [1.82, 2.24) is 10.3 Å². The first-order valence-electron chi connectivity index (χ1n) is 9.62. The Hall–Kier alpha value is -3.38. The third-order valence-electron chi connectivity index (χ3n) is 4.33. The van der Waals surface area contributed by atoms with Crippen LogP contribution in [0, 0.1) is 18.2 Å². The molecule has 0 saturated heterocycles. The van der Waals surface area contributed by atoms with Crippen LogP contribution < -0.4 is 14.8 Å². The van der Waals surface area contributed by atoms with Crippen LogP contribution >= 0.6 is 0 Å². The standard InChI is InChI=1S/C23H26FN3O4S/c1-7-16-12-15(13-18(24)21(16)27-32(6,29)30)14-25-20(28)11-9-17-8-10-19(23(2,3)4)26-22(17)31-5/h1,8-13,27H,14H2,2-6H3,(H,25,28). The number of carbonyl (C=O) groups excluding carboxylic acids is 1. The van der Waals surface area contributed by atoms with E-state index in [4.69, 9.17) is 11.2 Å². The number of methoxy groups -OCH3 is 1. The first-order valence-corrected chi connectivity index (χ1v) is 11.5. The smallest absolute Gasteiger partial charge is 0.244 e. The first kappa shape index (κ1) is 24.9. The van der Waals surface area contributed by atoms with Gasteiger partial charge in [-0.25, -0.2) is 17.8 Å². The van der Waals surface area contributed by atoms with Gasteiger partial charge in [-0.2, -0.15) is 0 Å². The summed E-state index contributed by atoms with van der Waals surface area (Å²) in [5.74, 6) is 1.39.